The van der Waals surface area contributed by atoms with Crippen molar-refractivity contribution >= 4 is 21.9 Å². The summed E-state index contributed by atoms with van der Waals surface area (Å²) < 4.78 is 6.20. The normalized spacial score (nSPS) is 11.3. The lowest BCUT2D eigenvalue weighted by Gasteiger charge is -2.13. The quantitative estimate of drug-likeness (QED) is 0.214. The fourth-order valence-corrected chi connectivity index (χ4v) is 5.63. The van der Waals surface area contributed by atoms with Crippen LogP contribution in [0.1, 0.15) is 0 Å². The highest BCUT2D eigenvalue weighted by molar-refractivity contribution is 6.05. The first-order valence-electron chi connectivity index (χ1n) is 14.3. The van der Waals surface area contributed by atoms with E-state index in [1.54, 1.807) is 0 Å². The molecule has 0 unspecified atom stereocenters. The van der Waals surface area contributed by atoms with Crippen molar-refractivity contribution in [1.29, 1.82) is 0 Å². The van der Waals surface area contributed by atoms with Crippen molar-refractivity contribution in [2.75, 3.05) is 0 Å². The zero-order chi connectivity index (χ0) is 28.6. The molecule has 0 spiro atoms. The number of hydrogen-bond acceptors (Lipinski definition) is 4. The molecule has 8 aromatic rings. The van der Waals surface area contributed by atoms with Gasteiger partial charge < -0.3 is 4.42 Å². The molecule has 0 N–H and O–H groups in total. The number of benzene rings is 6. The van der Waals surface area contributed by atoms with E-state index in [1.807, 2.05) is 66.7 Å². The van der Waals surface area contributed by atoms with Crippen LogP contribution < -0.4 is 0 Å². The molecule has 4 nitrogen and oxygen atoms in total. The Morgan fingerprint density at radius 2 is 0.907 bits per heavy atom. The number of nitrogens with zero attached hydrogens (tertiary/aromatic N) is 3. The zero-order valence-electron chi connectivity index (χ0n) is 23.2. The topological polar surface area (TPSA) is 51.8 Å². The van der Waals surface area contributed by atoms with Gasteiger partial charge in [0, 0.05) is 27.5 Å². The van der Waals surface area contributed by atoms with Gasteiger partial charge in [-0.15, -0.1) is 0 Å². The van der Waals surface area contributed by atoms with Crippen molar-refractivity contribution in [3.05, 3.63) is 152 Å². The summed E-state index contributed by atoms with van der Waals surface area (Å²) in [6.45, 7) is 0. The van der Waals surface area contributed by atoms with E-state index >= 15 is 0 Å². The monoisotopic (exact) mass is 551 g/mol. The van der Waals surface area contributed by atoms with E-state index in [-0.39, 0.29) is 0 Å². The van der Waals surface area contributed by atoms with Gasteiger partial charge in [0.2, 0.25) is 0 Å². The number of para-hydroxylation sites is 1. The summed E-state index contributed by atoms with van der Waals surface area (Å²) in [6.07, 6.45) is 0. The van der Waals surface area contributed by atoms with Gasteiger partial charge in [0.25, 0.3) is 0 Å². The van der Waals surface area contributed by atoms with Crippen molar-refractivity contribution < 1.29 is 4.42 Å². The lowest BCUT2D eigenvalue weighted by atomic mass is 9.95. The van der Waals surface area contributed by atoms with Gasteiger partial charge in [0.15, 0.2) is 17.5 Å². The average molecular weight is 552 g/mol. The van der Waals surface area contributed by atoms with E-state index in [1.165, 1.54) is 5.56 Å². The van der Waals surface area contributed by atoms with Crippen LogP contribution in [0, 0.1) is 0 Å². The largest absolute Gasteiger partial charge is 0.456 e. The number of hydrogen-bond donors (Lipinski definition) is 0. The molecule has 4 heteroatoms. The standard InChI is InChI=1S/C39H25N3O/c1-3-12-26(13-4-1)28-16-11-17-29(24-28)31-18-7-8-20-34(31)39-41-37(27-14-5-2-6-15-27)40-38(42-39)30-22-23-33-32-19-9-10-21-35(32)43-36(33)25-30/h1-25H. The third kappa shape index (κ3) is 4.65. The predicted octanol–water partition coefficient (Wildman–Crippen LogP) is 10.1. The Balaban J connectivity index is 1.30. The Kier molecular flexibility index (Phi) is 6.08. The lowest BCUT2D eigenvalue weighted by Crippen LogP contribution is -2.01. The number of fused-ring (bicyclic) bond motifs is 3. The molecule has 2 aromatic heterocycles. The SMILES string of the molecule is c1ccc(-c2cccc(-c3ccccc3-c3nc(-c4ccccc4)nc(-c4ccc5c(c4)oc4ccccc45)n3)c2)cc1. The van der Waals surface area contributed by atoms with E-state index in [9.17, 15) is 0 Å². The van der Waals surface area contributed by atoms with E-state index in [2.05, 4.69) is 84.9 Å². The summed E-state index contributed by atoms with van der Waals surface area (Å²) in [4.78, 5) is 15.0. The maximum absolute atomic E-state index is 6.20. The minimum atomic E-state index is 0.596. The minimum Gasteiger partial charge on any atom is -0.456 e. The molecule has 6 aromatic carbocycles. The molecular formula is C39H25N3O. The summed E-state index contributed by atoms with van der Waals surface area (Å²) in [5.74, 6) is 1.84. The van der Waals surface area contributed by atoms with Gasteiger partial charge in [-0.3, -0.25) is 0 Å². The molecule has 0 aliphatic heterocycles. The number of rotatable bonds is 5. The molecule has 0 amide bonds. The Morgan fingerprint density at radius 3 is 1.72 bits per heavy atom. The number of aromatic nitrogens is 3. The van der Waals surface area contributed by atoms with Crippen LogP contribution in [0.5, 0.6) is 0 Å². The van der Waals surface area contributed by atoms with Crippen LogP contribution in [0.15, 0.2) is 156 Å². The van der Waals surface area contributed by atoms with Crippen molar-refractivity contribution in [1.82, 2.24) is 15.0 Å². The highest BCUT2D eigenvalue weighted by atomic mass is 16.3. The highest BCUT2D eigenvalue weighted by Gasteiger charge is 2.17. The first kappa shape index (κ1) is 24.9. The minimum absolute atomic E-state index is 0.596. The summed E-state index contributed by atoms with van der Waals surface area (Å²) in [7, 11) is 0. The van der Waals surface area contributed by atoms with Gasteiger partial charge in [-0.25, -0.2) is 15.0 Å². The molecule has 8 rings (SSSR count). The summed E-state index contributed by atoms with van der Waals surface area (Å²) in [5, 5.41) is 2.16. The molecule has 0 fully saturated rings. The Labute approximate surface area is 249 Å². The van der Waals surface area contributed by atoms with Crippen LogP contribution in [-0.4, -0.2) is 15.0 Å². The second-order valence-electron chi connectivity index (χ2n) is 10.5. The van der Waals surface area contributed by atoms with E-state index in [0.717, 1.165) is 55.3 Å². The molecule has 0 aliphatic rings. The van der Waals surface area contributed by atoms with Gasteiger partial charge >= 0.3 is 0 Å². The number of furan rings is 1. The predicted molar refractivity (Wildman–Crippen MR) is 174 cm³/mol. The third-order valence-corrected chi connectivity index (χ3v) is 7.75. The Morgan fingerprint density at radius 1 is 0.326 bits per heavy atom. The Hall–Kier alpha value is -5.87. The maximum atomic E-state index is 6.20. The first-order chi connectivity index (χ1) is 21.3. The first-order valence-corrected chi connectivity index (χ1v) is 14.3. The molecule has 0 bridgehead atoms. The maximum Gasteiger partial charge on any atom is 0.164 e. The van der Waals surface area contributed by atoms with Gasteiger partial charge in [0.1, 0.15) is 11.2 Å². The molecule has 0 aliphatic carbocycles. The van der Waals surface area contributed by atoms with Gasteiger partial charge in [0.05, 0.1) is 0 Å². The van der Waals surface area contributed by atoms with Crippen LogP contribution in [0.4, 0.5) is 0 Å². The van der Waals surface area contributed by atoms with Crippen LogP contribution in [0.2, 0.25) is 0 Å². The molecule has 43 heavy (non-hydrogen) atoms. The molecule has 202 valence electrons. The fraction of sp³-hybridized carbons (Fsp3) is 0. The van der Waals surface area contributed by atoms with Crippen molar-refractivity contribution in [2.24, 2.45) is 0 Å². The smallest absolute Gasteiger partial charge is 0.164 e. The molecule has 0 saturated heterocycles. The van der Waals surface area contributed by atoms with Gasteiger partial charge in [-0.1, -0.05) is 127 Å². The average Bonchev–Trinajstić information content (AvgIpc) is 3.47. The summed E-state index contributed by atoms with van der Waals surface area (Å²) >= 11 is 0. The Bertz CT molecular complexity index is 2240. The second-order valence-corrected chi connectivity index (χ2v) is 10.5. The molecular weight excluding hydrogens is 526 g/mol. The lowest BCUT2D eigenvalue weighted by molar-refractivity contribution is 0.669. The highest BCUT2D eigenvalue weighted by Crippen LogP contribution is 2.36. The third-order valence-electron chi connectivity index (χ3n) is 7.75. The molecule has 2 heterocycles. The van der Waals surface area contributed by atoms with Crippen LogP contribution in [-0.2, 0) is 0 Å². The second kappa shape index (κ2) is 10.5. The van der Waals surface area contributed by atoms with Crippen molar-refractivity contribution in [2.45, 2.75) is 0 Å². The zero-order valence-corrected chi connectivity index (χ0v) is 23.2. The van der Waals surface area contributed by atoms with Crippen LogP contribution in [0.3, 0.4) is 0 Å². The van der Waals surface area contributed by atoms with Crippen molar-refractivity contribution in [3.8, 4) is 56.4 Å². The van der Waals surface area contributed by atoms with E-state index in [0.29, 0.717) is 17.5 Å². The van der Waals surface area contributed by atoms with Gasteiger partial charge in [-0.05, 0) is 46.5 Å². The van der Waals surface area contributed by atoms with Gasteiger partial charge in [-0.2, -0.15) is 0 Å². The van der Waals surface area contributed by atoms with Crippen LogP contribution in [0.25, 0.3) is 78.4 Å². The molecule has 0 saturated carbocycles. The summed E-state index contributed by atoms with van der Waals surface area (Å²) in [5.41, 5.74) is 8.91. The van der Waals surface area contributed by atoms with E-state index in [4.69, 9.17) is 19.4 Å². The fourth-order valence-electron chi connectivity index (χ4n) is 5.63. The summed E-state index contributed by atoms with van der Waals surface area (Å²) in [6, 6.07) is 51.7. The van der Waals surface area contributed by atoms with E-state index < -0.39 is 0 Å². The van der Waals surface area contributed by atoms with Crippen LogP contribution >= 0.6 is 0 Å². The molecule has 0 atom stereocenters. The van der Waals surface area contributed by atoms with Crippen molar-refractivity contribution in [3.63, 3.8) is 0 Å². The molecule has 0 radical (unpaired) electrons.